The Bertz CT molecular complexity index is 129. The highest BCUT2D eigenvalue weighted by atomic mass is 16.3. The van der Waals surface area contributed by atoms with E-state index in [-0.39, 0.29) is 0 Å². The molecule has 1 heteroatoms. The average Bonchev–Trinajstić information content (AvgIpc) is 1.86. The van der Waals surface area contributed by atoms with Gasteiger partial charge in [-0.15, -0.1) is 0 Å². The Hall–Kier alpha value is -0.0400. The summed E-state index contributed by atoms with van der Waals surface area (Å²) in [4.78, 5) is 0. The zero-order valence-electron chi connectivity index (χ0n) is 7.93. The first-order valence-electron chi connectivity index (χ1n) is 4.69. The lowest BCUT2D eigenvalue weighted by atomic mass is 9.64. The van der Waals surface area contributed by atoms with Crippen molar-refractivity contribution in [3.05, 3.63) is 0 Å². The highest BCUT2D eigenvalue weighted by molar-refractivity contribution is 4.85. The van der Waals surface area contributed by atoms with Crippen LogP contribution in [0.3, 0.4) is 0 Å². The minimum Gasteiger partial charge on any atom is -0.396 e. The van der Waals surface area contributed by atoms with Crippen LogP contribution < -0.4 is 0 Å². The summed E-state index contributed by atoms with van der Waals surface area (Å²) < 4.78 is 0. The van der Waals surface area contributed by atoms with Crippen LogP contribution in [0.4, 0.5) is 0 Å². The largest absolute Gasteiger partial charge is 0.396 e. The molecule has 0 saturated heterocycles. The third kappa shape index (κ3) is 1.76. The molecule has 1 nitrogen and oxygen atoms in total. The van der Waals surface area contributed by atoms with Crippen molar-refractivity contribution in [2.24, 2.45) is 17.3 Å². The lowest BCUT2D eigenvalue weighted by molar-refractivity contribution is 0.0324. The predicted octanol–water partition coefficient (Wildman–Crippen LogP) is 2.44. The molecule has 0 aromatic carbocycles. The molecular weight excluding hydrogens is 136 g/mol. The number of hydrogen-bond donors (Lipinski definition) is 1. The van der Waals surface area contributed by atoms with Gasteiger partial charge >= 0.3 is 0 Å². The van der Waals surface area contributed by atoms with Crippen LogP contribution in [0.5, 0.6) is 0 Å². The summed E-state index contributed by atoms with van der Waals surface area (Å²) in [7, 11) is 0. The van der Waals surface area contributed by atoms with Crippen molar-refractivity contribution in [2.45, 2.75) is 40.0 Å². The Kier molecular flexibility index (Phi) is 2.58. The van der Waals surface area contributed by atoms with Gasteiger partial charge in [0.25, 0.3) is 0 Å². The summed E-state index contributed by atoms with van der Waals surface area (Å²) in [6, 6.07) is 0. The maximum absolute atomic E-state index is 9.20. The molecule has 2 atom stereocenters. The first-order valence-corrected chi connectivity index (χ1v) is 4.69. The Labute approximate surface area is 69.8 Å². The van der Waals surface area contributed by atoms with Crippen LogP contribution in [0.1, 0.15) is 40.0 Å². The second kappa shape index (κ2) is 3.14. The summed E-state index contributed by atoms with van der Waals surface area (Å²) in [5, 5.41) is 9.20. The lowest BCUT2D eigenvalue weighted by Crippen LogP contribution is -2.35. The molecule has 0 radical (unpaired) electrons. The lowest BCUT2D eigenvalue weighted by Gasteiger charge is -2.41. The van der Waals surface area contributed by atoms with Gasteiger partial charge in [0, 0.05) is 6.61 Å². The molecule has 1 aliphatic carbocycles. The smallest absolute Gasteiger partial charge is 0.0466 e. The molecule has 0 spiro atoms. The molecule has 0 aromatic rings. The van der Waals surface area contributed by atoms with E-state index < -0.39 is 0 Å². The van der Waals surface area contributed by atoms with Crippen molar-refractivity contribution < 1.29 is 5.11 Å². The zero-order chi connectivity index (χ0) is 8.48. The third-order valence-corrected chi connectivity index (χ3v) is 3.37. The first-order chi connectivity index (χ1) is 5.08. The first kappa shape index (κ1) is 9.05. The fraction of sp³-hybridized carbons (Fsp3) is 1.00. The van der Waals surface area contributed by atoms with E-state index in [2.05, 4.69) is 20.8 Å². The monoisotopic (exact) mass is 156 g/mol. The molecule has 0 bridgehead atoms. The summed E-state index contributed by atoms with van der Waals surface area (Å²) >= 11 is 0. The highest BCUT2D eigenvalue weighted by Gasteiger charge is 2.35. The molecule has 1 aliphatic rings. The number of aliphatic hydroxyl groups is 1. The molecule has 1 fully saturated rings. The van der Waals surface area contributed by atoms with Crippen molar-refractivity contribution in [1.82, 2.24) is 0 Å². The van der Waals surface area contributed by atoms with E-state index in [9.17, 15) is 5.11 Å². The van der Waals surface area contributed by atoms with Gasteiger partial charge in [-0.3, -0.25) is 0 Å². The van der Waals surface area contributed by atoms with Gasteiger partial charge in [-0.05, 0) is 23.7 Å². The molecule has 0 amide bonds. The van der Waals surface area contributed by atoms with Crippen molar-refractivity contribution >= 4 is 0 Å². The molecule has 2 unspecified atom stereocenters. The van der Waals surface area contributed by atoms with Gasteiger partial charge in [-0.25, -0.2) is 0 Å². The average molecular weight is 156 g/mol. The molecule has 1 rings (SSSR count). The van der Waals surface area contributed by atoms with Crippen LogP contribution in [0, 0.1) is 17.3 Å². The second-order valence-electron chi connectivity index (χ2n) is 4.65. The van der Waals surface area contributed by atoms with E-state index in [4.69, 9.17) is 0 Å². The van der Waals surface area contributed by atoms with Crippen LogP contribution in [-0.2, 0) is 0 Å². The van der Waals surface area contributed by atoms with Gasteiger partial charge in [-0.2, -0.15) is 0 Å². The van der Waals surface area contributed by atoms with Gasteiger partial charge in [0.15, 0.2) is 0 Å². The quantitative estimate of drug-likeness (QED) is 0.618. The second-order valence-corrected chi connectivity index (χ2v) is 4.65. The van der Waals surface area contributed by atoms with Gasteiger partial charge in [0.2, 0.25) is 0 Å². The van der Waals surface area contributed by atoms with E-state index in [1.165, 1.54) is 19.3 Å². The normalized spacial score (nSPS) is 37.1. The van der Waals surface area contributed by atoms with E-state index in [0.717, 1.165) is 0 Å². The topological polar surface area (TPSA) is 20.2 Å². The standard InChI is InChI=1S/C10H20O/c1-8-5-4-6-10(2,3)9(8)7-11/h8-9,11H,4-7H2,1-3H3. The number of aliphatic hydroxyl groups excluding tert-OH is 1. The Morgan fingerprint density at radius 1 is 1.45 bits per heavy atom. The number of rotatable bonds is 1. The summed E-state index contributed by atoms with van der Waals surface area (Å²) in [6.07, 6.45) is 3.92. The minimum atomic E-state index is 0.367. The highest BCUT2D eigenvalue weighted by Crippen LogP contribution is 2.43. The van der Waals surface area contributed by atoms with E-state index in [1.807, 2.05) is 0 Å². The maximum atomic E-state index is 9.20. The van der Waals surface area contributed by atoms with E-state index in [0.29, 0.717) is 23.9 Å². The predicted molar refractivity (Wildman–Crippen MR) is 47.4 cm³/mol. The fourth-order valence-electron chi connectivity index (χ4n) is 2.46. The van der Waals surface area contributed by atoms with Crippen molar-refractivity contribution in [3.63, 3.8) is 0 Å². The van der Waals surface area contributed by atoms with E-state index in [1.54, 1.807) is 0 Å². The molecule has 1 saturated carbocycles. The van der Waals surface area contributed by atoms with Gasteiger partial charge in [0.05, 0.1) is 0 Å². The van der Waals surface area contributed by atoms with Crippen molar-refractivity contribution in [2.75, 3.05) is 6.61 Å². The van der Waals surface area contributed by atoms with Gasteiger partial charge < -0.3 is 5.11 Å². The Morgan fingerprint density at radius 3 is 2.45 bits per heavy atom. The molecule has 0 heterocycles. The van der Waals surface area contributed by atoms with Gasteiger partial charge in [-0.1, -0.05) is 33.6 Å². The van der Waals surface area contributed by atoms with Crippen LogP contribution in [0.15, 0.2) is 0 Å². The minimum absolute atomic E-state index is 0.367. The summed E-state index contributed by atoms with van der Waals surface area (Å²) in [5.41, 5.74) is 0.367. The van der Waals surface area contributed by atoms with Crippen LogP contribution in [-0.4, -0.2) is 11.7 Å². The molecule has 0 aromatic heterocycles. The molecule has 11 heavy (non-hydrogen) atoms. The summed E-state index contributed by atoms with van der Waals surface area (Å²) in [5.74, 6) is 1.24. The van der Waals surface area contributed by atoms with Crippen molar-refractivity contribution in [3.8, 4) is 0 Å². The fourth-order valence-corrected chi connectivity index (χ4v) is 2.46. The molecule has 0 aliphatic heterocycles. The molecule has 1 N–H and O–H groups in total. The number of hydrogen-bond acceptors (Lipinski definition) is 1. The zero-order valence-corrected chi connectivity index (χ0v) is 7.93. The Balaban J connectivity index is 2.64. The van der Waals surface area contributed by atoms with E-state index >= 15 is 0 Å². The van der Waals surface area contributed by atoms with Gasteiger partial charge in [0.1, 0.15) is 0 Å². The van der Waals surface area contributed by atoms with Crippen molar-refractivity contribution in [1.29, 1.82) is 0 Å². The van der Waals surface area contributed by atoms with Crippen LogP contribution >= 0.6 is 0 Å². The summed E-state index contributed by atoms with van der Waals surface area (Å²) in [6.45, 7) is 7.20. The maximum Gasteiger partial charge on any atom is 0.0466 e. The molecular formula is C10H20O. The van der Waals surface area contributed by atoms with Crippen LogP contribution in [0.25, 0.3) is 0 Å². The Morgan fingerprint density at radius 2 is 2.09 bits per heavy atom. The van der Waals surface area contributed by atoms with Crippen LogP contribution in [0.2, 0.25) is 0 Å². The SMILES string of the molecule is CC1CCCC(C)(C)C1CO. The third-order valence-electron chi connectivity index (χ3n) is 3.37. The molecule has 66 valence electrons.